The molecule has 0 aliphatic carbocycles. The van der Waals surface area contributed by atoms with Crippen LogP contribution in [0.2, 0.25) is 0 Å². The van der Waals surface area contributed by atoms with E-state index in [2.05, 4.69) is 41.2 Å². The quantitative estimate of drug-likeness (QED) is 0.882. The summed E-state index contributed by atoms with van der Waals surface area (Å²) in [7, 11) is 2.11. The first-order chi connectivity index (χ1) is 8.24. The highest BCUT2D eigenvalue weighted by molar-refractivity contribution is 7.13. The van der Waals surface area contributed by atoms with Crippen molar-refractivity contribution in [3.63, 3.8) is 0 Å². The van der Waals surface area contributed by atoms with E-state index in [1.54, 1.807) is 0 Å². The number of thiazole rings is 1. The maximum atomic E-state index is 5.61. The van der Waals surface area contributed by atoms with Crippen LogP contribution in [0.1, 0.15) is 11.3 Å². The van der Waals surface area contributed by atoms with Gasteiger partial charge < -0.3 is 10.6 Å². The monoisotopic (exact) mass is 247 g/mol. The van der Waals surface area contributed by atoms with Gasteiger partial charge in [0, 0.05) is 18.5 Å². The van der Waals surface area contributed by atoms with E-state index in [-0.39, 0.29) is 0 Å². The average molecular weight is 247 g/mol. The first kappa shape index (κ1) is 12.1. The molecule has 1 aromatic heterocycles. The summed E-state index contributed by atoms with van der Waals surface area (Å²) in [5.74, 6) is 0. The molecule has 0 saturated carbocycles. The van der Waals surface area contributed by atoms with Gasteiger partial charge in [0.1, 0.15) is 0 Å². The standard InChI is InChI=1S/C13H17N3S/c1-16(9-12-10-17-13(14)15-12)8-7-11-5-3-2-4-6-11/h2-6,10H,7-9H2,1H3,(H2,14,15). The number of rotatable bonds is 5. The third-order valence-electron chi connectivity index (χ3n) is 2.63. The molecule has 17 heavy (non-hydrogen) atoms. The third kappa shape index (κ3) is 3.84. The number of nitrogen functional groups attached to an aromatic ring is 1. The molecule has 90 valence electrons. The third-order valence-corrected chi connectivity index (χ3v) is 3.35. The van der Waals surface area contributed by atoms with Crippen LogP contribution in [0.25, 0.3) is 0 Å². The predicted octanol–water partition coefficient (Wildman–Crippen LogP) is 2.40. The van der Waals surface area contributed by atoms with Gasteiger partial charge in [0.25, 0.3) is 0 Å². The van der Waals surface area contributed by atoms with E-state index in [1.807, 2.05) is 11.4 Å². The Morgan fingerprint density at radius 1 is 1.29 bits per heavy atom. The fourth-order valence-electron chi connectivity index (χ4n) is 1.72. The molecule has 0 atom stereocenters. The second kappa shape index (κ2) is 5.80. The van der Waals surface area contributed by atoms with E-state index in [4.69, 9.17) is 5.73 Å². The second-order valence-corrected chi connectivity index (χ2v) is 5.04. The summed E-state index contributed by atoms with van der Waals surface area (Å²) in [5, 5.41) is 2.67. The topological polar surface area (TPSA) is 42.1 Å². The molecule has 0 fully saturated rings. The van der Waals surface area contributed by atoms with Crippen molar-refractivity contribution in [2.75, 3.05) is 19.3 Å². The molecule has 2 aromatic rings. The van der Waals surface area contributed by atoms with Crippen molar-refractivity contribution >= 4 is 16.5 Å². The zero-order chi connectivity index (χ0) is 12.1. The molecule has 0 aliphatic heterocycles. The van der Waals surface area contributed by atoms with E-state index in [9.17, 15) is 0 Å². The minimum absolute atomic E-state index is 0.649. The minimum atomic E-state index is 0.649. The zero-order valence-corrected chi connectivity index (χ0v) is 10.8. The van der Waals surface area contributed by atoms with Crippen molar-refractivity contribution in [2.24, 2.45) is 0 Å². The fourth-order valence-corrected chi connectivity index (χ4v) is 2.27. The fraction of sp³-hybridized carbons (Fsp3) is 0.308. The number of benzene rings is 1. The summed E-state index contributed by atoms with van der Waals surface area (Å²) < 4.78 is 0. The van der Waals surface area contributed by atoms with Crippen LogP contribution in [-0.4, -0.2) is 23.5 Å². The lowest BCUT2D eigenvalue weighted by molar-refractivity contribution is 0.328. The lowest BCUT2D eigenvalue weighted by atomic mass is 10.1. The molecule has 0 aliphatic rings. The van der Waals surface area contributed by atoms with Gasteiger partial charge in [0.2, 0.25) is 0 Å². The van der Waals surface area contributed by atoms with E-state index in [1.165, 1.54) is 16.9 Å². The van der Waals surface area contributed by atoms with Crippen LogP contribution in [0.15, 0.2) is 35.7 Å². The molecule has 1 heterocycles. The van der Waals surface area contributed by atoms with Gasteiger partial charge in [-0.25, -0.2) is 4.98 Å². The number of nitrogens with two attached hydrogens (primary N) is 1. The highest BCUT2D eigenvalue weighted by Gasteiger charge is 2.03. The van der Waals surface area contributed by atoms with Crippen molar-refractivity contribution in [1.82, 2.24) is 9.88 Å². The van der Waals surface area contributed by atoms with E-state index in [0.29, 0.717) is 5.13 Å². The second-order valence-electron chi connectivity index (χ2n) is 4.15. The average Bonchev–Trinajstić information content (AvgIpc) is 2.73. The van der Waals surface area contributed by atoms with Gasteiger partial charge in [-0.05, 0) is 19.0 Å². The van der Waals surface area contributed by atoms with Crippen molar-refractivity contribution in [3.05, 3.63) is 47.0 Å². The molecule has 4 heteroatoms. The van der Waals surface area contributed by atoms with Gasteiger partial charge in [-0.15, -0.1) is 11.3 Å². The molecule has 2 N–H and O–H groups in total. The number of anilines is 1. The van der Waals surface area contributed by atoms with Crippen LogP contribution >= 0.6 is 11.3 Å². The van der Waals surface area contributed by atoms with Gasteiger partial charge in [-0.2, -0.15) is 0 Å². The van der Waals surface area contributed by atoms with Crippen molar-refractivity contribution in [3.8, 4) is 0 Å². The summed E-state index contributed by atoms with van der Waals surface area (Å²) in [4.78, 5) is 6.53. The van der Waals surface area contributed by atoms with Crippen molar-refractivity contribution < 1.29 is 0 Å². The van der Waals surface area contributed by atoms with Gasteiger partial charge in [0.15, 0.2) is 5.13 Å². The highest BCUT2D eigenvalue weighted by atomic mass is 32.1. The molecule has 3 nitrogen and oxygen atoms in total. The molecule has 0 radical (unpaired) electrons. The highest BCUT2D eigenvalue weighted by Crippen LogP contribution is 2.12. The van der Waals surface area contributed by atoms with E-state index in [0.717, 1.165) is 25.2 Å². The van der Waals surface area contributed by atoms with E-state index < -0.39 is 0 Å². The molecule has 0 unspecified atom stereocenters. The lowest BCUT2D eigenvalue weighted by Crippen LogP contribution is -2.20. The Kier molecular flexibility index (Phi) is 4.12. The zero-order valence-electron chi connectivity index (χ0n) is 9.97. The predicted molar refractivity (Wildman–Crippen MR) is 73.0 cm³/mol. The molecule has 1 aromatic carbocycles. The Balaban J connectivity index is 1.80. The Hall–Kier alpha value is -1.39. The van der Waals surface area contributed by atoms with E-state index >= 15 is 0 Å². The SMILES string of the molecule is CN(CCc1ccccc1)Cc1csc(N)n1. The molecule has 0 saturated heterocycles. The number of hydrogen-bond donors (Lipinski definition) is 1. The maximum absolute atomic E-state index is 5.61. The lowest BCUT2D eigenvalue weighted by Gasteiger charge is -2.14. The Bertz CT molecular complexity index is 453. The molecule has 2 rings (SSSR count). The molecule has 0 bridgehead atoms. The van der Waals surface area contributed by atoms with Gasteiger partial charge >= 0.3 is 0 Å². The number of nitrogens with zero attached hydrogens (tertiary/aromatic N) is 2. The number of hydrogen-bond acceptors (Lipinski definition) is 4. The van der Waals surface area contributed by atoms with Crippen LogP contribution < -0.4 is 5.73 Å². The van der Waals surface area contributed by atoms with Crippen LogP contribution in [0, 0.1) is 0 Å². The van der Waals surface area contributed by atoms with Crippen LogP contribution in [0.3, 0.4) is 0 Å². The molecular formula is C13H17N3S. The van der Waals surface area contributed by atoms with Crippen LogP contribution in [-0.2, 0) is 13.0 Å². The van der Waals surface area contributed by atoms with Gasteiger partial charge in [-0.3, -0.25) is 0 Å². The normalized spacial score (nSPS) is 10.9. The number of likely N-dealkylation sites (N-methyl/N-ethyl adjacent to an activating group) is 1. The van der Waals surface area contributed by atoms with Crippen LogP contribution in [0.5, 0.6) is 0 Å². The smallest absolute Gasteiger partial charge is 0.180 e. The van der Waals surface area contributed by atoms with Gasteiger partial charge in [0.05, 0.1) is 5.69 Å². The maximum Gasteiger partial charge on any atom is 0.180 e. The summed E-state index contributed by atoms with van der Waals surface area (Å²) in [6.07, 6.45) is 1.07. The Morgan fingerprint density at radius 3 is 2.71 bits per heavy atom. The summed E-state index contributed by atoms with van der Waals surface area (Å²) >= 11 is 1.50. The summed E-state index contributed by atoms with van der Waals surface area (Å²) in [6, 6.07) is 10.5. The van der Waals surface area contributed by atoms with Crippen molar-refractivity contribution in [2.45, 2.75) is 13.0 Å². The Morgan fingerprint density at radius 2 is 2.06 bits per heavy atom. The largest absolute Gasteiger partial charge is 0.375 e. The first-order valence-corrected chi connectivity index (χ1v) is 6.54. The first-order valence-electron chi connectivity index (χ1n) is 5.66. The summed E-state index contributed by atoms with van der Waals surface area (Å²) in [6.45, 7) is 1.89. The number of aromatic nitrogens is 1. The minimum Gasteiger partial charge on any atom is -0.375 e. The van der Waals surface area contributed by atoms with Gasteiger partial charge in [-0.1, -0.05) is 30.3 Å². The van der Waals surface area contributed by atoms with Crippen LogP contribution in [0.4, 0.5) is 5.13 Å². The molecular weight excluding hydrogens is 230 g/mol. The summed E-state index contributed by atoms with van der Waals surface area (Å²) in [5.41, 5.74) is 8.04. The molecule has 0 amide bonds. The Labute approximate surface area is 106 Å². The van der Waals surface area contributed by atoms with Crippen molar-refractivity contribution in [1.29, 1.82) is 0 Å². The molecule has 0 spiro atoms.